The highest BCUT2D eigenvalue weighted by atomic mass is 16.2. The molecule has 0 aromatic heterocycles. The fraction of sp³-hybridized carbons (Fsp3) is 0.250. The van der Waals surface area contributed by atoms with E-state index in [0.717, 1.165) is 24.1 Å². The third-order valence-electron chi connectivity index (χ3n) is 2.65. The van der Waals surface area contributed by atoms with Crippen LogP contribution in [0.5, 0.6) is 0 Å². The maximum atomic E-state index is 12.0. The monoisotopic (exact) mass is 202 g/mol. The van der Waals surface area contributed by atoms with Crippen molar-refractivity contribution < 1.29 is 4.79 Å². The largest absolute Gasteiger partial charge is 0.399 e. The predicted molar refractivity (Wildman–Crippen MR) is 60.7 cm³/mol. The maximum absolute atomic E-state index is 12.0. The van der Waals surface area contributed by atoms with Crippen LogP contribution < -0.4 is 5.73 Å². The third-order valence-corrected chi connectivity index (χ3v) is 2.65. The van der Waals surface area contributed by atoms with Crippen LogP contribution in [-0.4, -0.2) is 23.9 Å². The van der Waals surface area contributed by atoms with Gasteiger partial charge in [0.2, 0.25) is 0 Å². The number of benzene rings is 1. The lowest BCUT2D eigenvalue weighted by Gasteiger charge is -2.27. The van der Waals surface area contributed by atoms with Gasteiger partial charge in [-0.1, -0.05) is 12.1 Å². The van der Waals surface area contributed by atoms with Crippen LogP contribution in [0.25, 0.3) is 0 Å². The van der Waals surface area contributed by atoms with Crippen molar-refractivity contribution in [3.63, 3.8) is 0 Å². The van der Waals surface area contributed by atoms with E-state index >= 15 is 0 Å². The van der Waals surface area contributed by atoms with Gasteiger partial charge < -0.3 is 10.6 Å². The van der Waals surface area contributed by atoms with E-state index < -0.39 is 0 Å². The molecular weight excluding hydrogens is 188 g/mol. The van der Waals surface area contributed by atoms with Gasteiger partial charge in [-0.05, 0) is 24.1 Å². The van der Waals surface area contributed by atoms with Crippen LogP contribution in [-0.2, 0) is 6.42 Å². The van der Waals surface area contributed by atoms with Crippen LogP contribution in [0, 0.1) is 0 Å². The number of hydrogen-bond acceptors (Lipinski definition) is 2. The normalized spacial score (nSPS) is 14.9. The number of carbonyl (C=O) groups is 1. The number of nitrogens with zero attached hydrogens (tertiary/aromatic N) is 1. The van der Waals surface area contributed by atoms with Crippen molar-refractivity contribution in [3.05, 3.63) is 42.0 Å². The lowest BCUT2D eigenvalue weighted by molar-refractivity contribution is 0.0759. The number of nitrogen functional groups attached to an aromatic ring is 1. The Labute approximate surface area is 89.2 Å². The first-order chi connectivity index (χ1) is 7.22. The minimum Gasteiger partial charge on any atom is -0.399 e. The highest BCUT2D eigenvalue weighted by Crippen LogP contribution is 2.21. The van der Waals surface area contributed by atoms with E-state index in [4.69, 9.17) is 5.73 Å². The molecule has 0 atom stereocenters. The van der Waals surface area contributed by atoms with Crippen molar-refractivity contribution in [2.24, 2.45) is 0 Å². The average Bonchev–Trinajstić information content (AvgIpc) is 2.23. The Hall–Kier alpha value is -1.77. The molecule has 0 saturated heterocycles. The Bertz CT molecular complexity index is 412. The number of rotatable bonds is 2. The number of hydrogen-bond donors (Lipinski definition) is 1. The molecular formula is C12H14N2O. The standard InChI is InChI=1S/C12H14N2O/c1-2-6-14-7-5-9-3-4-10(13)8-11(9)12(14)15/h2-4,8H,1,5-7,13H2. The number of nitrogens with two attached hydrogens (primary N) is 1. The summed E-state index contributed by atoms with van der Waals surface area (Å²) < 4.78 is 0. The highest BCUT2D eigenvalue weighted by Gasteiger charge is 2.22. The zero-order valence-corrected chi connectivity index (χ0v) is 8.57. The minimum absolute atomic E-state index is 0.0588. The van der Waals surface area contributed by atoms with Gasteiger partial charge in [-0.2, -0.15) is 0 Å². The second-order valence-corrected chi connectivity index (χ2v) is 3.71. The molecule has 3 nitrogen and oxygen atoms in total. The van der Waals surface area contributed by atoms with Crippen molar-refractivity contribution >= 4 is 11.6 Å². The Balaban J connectivity index is 2.36. The quantitative estimate of drug-likeness (QED) is 0.583. The van der Waals surface area contributed by atoms with E-state index in [1.54, 1.807) is 17.0 Å². The van der Waals surface area contributed by atoms with Gasteiger partial charge in [-0.15, -0.1) is 6.58 Å². The van der Waals surface area contributed by atoms with E-state index in [2.05, 4.69) is 6.58 Å². The zero-order valence-electron chi connectivity index (χ0n) is 8.57. The smallest absolute Gasteiger partial charge is 0.254 e. The fourth-order valence-electron chi connectivity index (χ4n) is 1.87. The number of anilines is 1. The Kier molecular flexibility index (Phi) is 2.46. The Morgan fingerprint density at radius 2 is 2.33 bits per heavy atom. The summed E-state index contributed by atoms with van der Waals surface area (Å²) in [7, 11) is 0. The van der Waals surface area contributed by atoms with E-state index in [9.17, 15) is 4.79 Å². The number of carbonyl (C=O) groups excluding carboxylic acids is 1. The van der Waals surface area contributed by atoms with Crippen LogP contribution in [0.2, 0.25) is 0 Å². The zero-order chi connectivity index (χ0) is 10.8. The highest BCUT2D eigenvalue weighted by molar-refractivity contribution is 5.97. The molecule has 1 aliphatic rings. The summed E-state index contributed by atoms with van der Waals surface area (Å²) >= 11 is 0. The lowest BCUT2D eigenvalue weighted by Crippen LogP contribution is -2.37. The van der Waals surface area contributed by atoms with Crippen molar-refractivity contribution in [1.82, 2.24) is 4.90 Å². The molecule has 1 aromatic carbocycles. The SMILES string of the molecule is C=CCN1CCc2ccc(N)cc2C1=O. The van der Waals surface area contributed by atoms with Crippen LogP contribution in [0.4, 0.5) is 5.69 Å². The Morgan fingerprint density at radius 1 is 1.53 bits per heavy atom. The summed E-state index contributed by atoms with van der Waals surface area (Å²) in [5.41, 5.74) is 8.14. The van der Waals surface area contributed by atoms with Crippen LogP contribution >= 0.6 is 0 Å². The summed E-state index contributed by atoms with van der Waals surface area (Å²) in [6.07, 6.45) is 2.64. The van der Waals surface area contributed by atoms with Crippen molar-refractivity contribution in [2.75, 3.05) is 18.8 Å². The second kappa shape index (κ2) is 3.77. The molecule has 15 heavy (non-hydrogen) atoms. The molecule has 0 aliphatic carbocycles. The molecule has 78 valence electrons. The van der Waals surface area contributed by atoms with Gasteiger partial charge in [-0.3, -0.25) is 4.79 Å². The van der Waals surface area contributed by atoms with Gasteiger partial charge in [0, 0.05) is 24.3 Å². The van der Waals surface area contributed by atoms with E-state index in [1.165, 1.54) is 0 Å². The minimum atomic E-state index is 0.0588. The maximum Gasteiger partial charge on any atom is 0.254 e. The third kappa shape index (κ3) is 1.73. The fourth-order valence-corrected chi connectivity index (χ4v) is 1.87. The van der Waals surface area contributed by atoms with Gasteiger partial charge in [-0.25, -0.2) is 0 Å². The first kappa shape index (κ1) is 9.77. The molecule has 0 fully saturated rings. The molecule has 1 amide bonds. The predicted octanol–water partition coefficient (Wildman–Crippen LogP) is 1.45. The first-order valence-corrected chi connectivity index (χ1v) is 5.01. The van der Waals surface area contributed by atoms with Gasteiger partial charge in [0.1, 0.15) is 0 Å². The molecule has 0 radical (unpaired) electrons. The number of fused-ring (bicyclic) bond motifs is 1. The second-order valence-electron chi connectivity index (χ2n) is 3.71. The molecule has 1 heterocycles. The van der Waals surface area contributed by atoms with E-state index in [-0.39, 0.29) is 5.91 Å². The van der Waals surface area contributed by atoms with E-state index in [0.29, 0.717) is 12.2 Å². The van der Waals surface area contributed by atoms with E-state index in [1.807, 2.05) is 12.1 Å². The summed E-state index contributed by atoms with van der Waals surface area (Å²) in [6.45, 7) is 5.01. The van der Waals surface area contributed by atoms with Crippen molar-refractivity contribution in [1.29, 1.82) is 0 Å². The van der Waals surface area contributed by atoms with Crippen LogP contribution in [0.3, 0.4) is 0 Å². The molecule has 0 bridgehead atoms. The number of amides is 1. The summed E-state index contributed by atoms with van der Waals surface area (Å²) in [4.78, 5) is 13.8. The Morgan fingerprint density at radius 3 is 3.07 bits per heavy atom. The van der Waals surface area contributed by atoms with Crippen LogP contribution in [0.1, 0.15) is 15.9 Å². The van der Waals surface area contributed by atoms with Crippen molar-refractivity contribution in [2.45, 2.75) is 6.42 Å². The van der Waals surface area contributed by atoms with Gasteiger partial charge in [0.15, 0.2) is 0 Å². The molecule has 1 aromatic rings. The summed E-state index contributed by atoms with van der Waals surface area (Å²) in [5, 5.41) is 0. The van der Waals surface area contributed by atoms with Gasteiger partial charge in [0.25, 0.3) is 5.91 Å². The van der Waals surface area contributed by atoms with Crippen LogP contribution in [0.15, 0.2) is 30.9 Å². The van der Waals surface area contributed by atoms with Gasteiger partial charge in [0.05, 0.1) is 0 Å². The molecule has 2 rings (SSSR count). The van der Waals surface area contributed by atoms with Gasteiger partial charge >= 0.3 is 0 Å². The molecule has 0 unspecified atom stereocenters. The average molecular weight is 202 g/mol. The molecule has 0 spiro atoms. The topological polar surface area (TPSA) is 46.3 Å². The molecule has 0 saturated carbocycles. The lowest BCUT2D eigenvalue weighted by atomic mass is 9.98. The summed E-state index contributed by atoms with van der Waals surface area (Å²) in [6, 6.07) is 5.54. The van der Waals surface area contributed by atoms with Crippen molar-refractivity contribution in [3.8, 4) is 0 Å². The molecule has 2 N–H and O–H groups in total. The summed E-state index contributed by atoms with van der Waals surface area (Å²) in [5.74, 6) is 0.0588. The molecule has 1 aliphatic heterocycles. The molecule has 3 heteroatoms. The first-order valence-electron chi connectivity index (χ1n) is 5.01.